The fourth-order valence-corrected chi connectivity index (χ4v) is 2.34. The molecule has 1 fully saturated rings. The molecular weight excluding hydrogens is 270 g/mol. The lowest BCUT2D eigenvalue weighted by Gasteiger charge is -2.22. The van der Waals surface area contributed by atoms with Gasteiger partial charge >= 0.3 is 5.97 Å². The molecule has 0 spiro atoms. The van der Waals surface area contributed by atoms with Crippen LogP contribution in [0.3, 0.4) is 0 Å². The molecule has 5 heteroatoms. The van der Waals surface area contributed by atoms with Gasteiger partial charge < -0.3 is 19.9 Å². The molecule has 0 aliphatic carbocycles. The number of benzene rings is 1. The van der Waals surface area contributed by atoms with Gasteiger partial charge in [-0.1, -0.05) is 12.1 Å². The second-order valence-corrected chi connectivity index (χ2v) is 5.28. The molecule has 1 aliphatic heterocycles. The molecule has 116 valence electrons. The molecule has 21 heavy (non-hydrogen) atoms. The van der Waals surface area contributed by atoms with Gasteiger partial charge in [0.25, 0.3) is 0 Å². The Kier molecular flexibility index (Phi) is 6.02. The Hall–Kier alpha value is -1.59. The van der Waals surface area contributed by atoms with Gasteiger partial charge in [-0.2, -0.15) is 0 Å². The SMILES string of the molecule is COC(=O)C(N)Cc1ccc(OCC2CCCCO2)cc1. The van der Waals surface area contributed by atoms with Gasteiger partial charge in [0, 0.05) is 6.61 Å². The quantitative estimate of drug-likeness (QED) is 0.808. The summed E-state index contributed by atoms with van der Waals surface area (Å²) in [6, 6.07) is 6.99. The minimum atomic E-state index is -0.627. The molecule has 0 bridgehead atoms. The van der Waals surface area contributed by atoms with E-state index in [9.17, 15) is 4.79 Å². The van der Waals surface area contributed by atoms with Crippen LogP contribution in [0.5, 0.6) is 5.75 Å². The lowest BCUT2D eigenvalue weighted by atomic mass is 10.1. The van der Waals surface area contributed by atoms with Crippen LogP contribution >= 0.6 is 0 Å². The van der Waals surface area contributed by atoms with Gasteiger partial charge in [0.2, 0.25) is 0 Å². The van der Waals surface area contributed by atoms with Crippen molar-refractivity contribution >= 4 is 5.97 Å². The number of ether oxygens (including phenoxy) is 3. The topological polar surface area (TPSA) is 70.8 Å². The predicted octanol–water partition coefficient (Wildman–Crippen LogP) is 1.68. The average molecular weight is 293 g/mol. The van der Waals surface area contributed by atoms with Gasteiger partial charge in [0.05, 0.1) is 13.2 Å². The fraction of sp³-hybridized carbons (Fsp3) is 0.562. The van der Waals surface area contributed by atoms with Crippen LogP contribution in [0.4, 0.5) is 0 Å². The second-order valence-electron chi connectivity index (χ2n) is 5.28. The Balaban J connectivity index is 1.79. The van der Waals surface area contributed by atoms with E-state index in [2.05, 4.69) is 4.74 Å². The molecule has 0 saturated carbocycles. The standard InChI is InChI=1S/C16H23NO4/c1-19-16(18)15(17)10-12-5-7-13(8-6-12)21-11-14-4-2-3-9-20-14/h5-8,14-15H,2-4,9-11,17H2,1H3. The summed E-state index contributed by atoms with van der Waals surface area (Å²) in [4.78, 5) is 11.3. The fourth-order valence-electron chi connectivity index (χ4n) is 2.34. The second kappa shape index (κ2) is 8.00. The summed E-state index contributed by atoms with van der Waals surface area (Å²) in [7, 11) is 1.34. The zero-order valence-corrected chi connectivity index (χ0v) is 12.4. The van der Waals surface area contributed by atoms with Crippen molar-refractivity contribution in [2.45, 2.75) is 37.8 Å². The molecule has 0 radical (unpaired) electrons. The van der Waals surface area contributed by atoms with E-state index in [1.54, 1.807) is 0 Å². The van der Waals surface area contributed by atoms with Crippen LogP contribution in [0.2, 0.25) is 0 Å². The number of nitrogens with two attached hydrogens (primary N) is 1. The summed E-state index contributed by atoms with van der Waals surface area (Å²) in [5, 5.41) is 0. The number of hydrogen-bond acceptors (Lipinski definition) is 5. The highest BCUT2D eigenvalue weighted by molar-refractivity contribution is 5.75. The summed E-state index contributed by atoms with van der Waals surface area (Å²) in [6.45, 7) is 1.42. The maximum Gasteiger partial charge on any atom is 0.322 e. The van der Waals surface area contributed by atoms with Gasteiger partial charge in [-0.15, -0.1) is 0 Å². The molecule has 0 aromatic heterocycles. The first-order valence-corrected chi connectivity index (χ1v) is 7.36. The lowest BCUT2D eigenvalue weighted by molar-refractivity contribution is -0.142. The summed E-state index contributed by atoms with van der Waals surface area (Å²) in [6.07, 6.45) is 4.07. The highest BCUT2D eigenvalue weighted by atomic mass is 16.5. The van der Waals surface area contributed by atoms with Crippen LogP contribution in [-0.4, -0.2) is 38.4 Å². The number of hydrogen-bond donors (Lipinski definition) is 1. The van der Waals surface area contributed by atoms with Gasteiger partial charge in [0.15, 0.2) is 0 Å². The molecule has 2 unspecified atom stereocenters. The zero-order chi connectivity index (χ0) is 15.1. The van der Waals surface area contributed by atoms with Crippen LogP contribution in [0, 0.1) is 0 Å². The van der Waals surface area contributed by atoms with Gasteiger partial charge in [0.1, 0.15) is 18.4 Å². The van der Waals surface area contributed by atoms with Crippen molar-refractivity contribution in [1.82, 2.24) is 0 Å². The van der Waals surface area contributed by atoms with Crippen molar-refractivity contribution in [2.75, 3.05) is 20.3 Å². The Morgan fingerprint density at radius 1 is 1.38 bits per heavy atom. The third-order valence-corrected chi connectivity index (χ3v) is 3.59. The van der Waals surface area contributed by atoms with E-state index in [0.29, 0.717) is 13.0 Å². The maximum atomic E-state index is 11.3. The summed E-state index contributed by atoms with van der Waals surface area (Å²) >= 11 is 0. The minimum Gasteiger partial charge on any atom is -0.491 e. The first kappa shape index (κ1) is 15.8. The predicted molar refractivity (Wildman–Crippen MR) is 79.2 cm³/mol. The number of rotatable bonds is 6. The van der Waals surface area contributed by atoms with Crippen molar-refractivity contribution in [1.29, 1.82) is 0 Å². The monoisotopic (exact) mass is 293 g/mol. The normalized spacial score (nSPS) is 19.8. The highest BCUT2D eigenvalue weighted by Gasteiger charge is 2.15. The zero-order valence-electron chi connectivity index (χ0n) is 12.4. The molecule has 1 aromatic carbocycles. The van der Waals surface area contributed by atoms with Gasteiger partial charge in [-0.3, -0.25) is 4.79 Å². The molecule has 2 N–H and O–H groups in total. The van der Waals surface area contributed by atoms with E-state index in [1.807, 2.05) is 24.3 Å². The number of carbonyl (C=O) groups excluding carboxylic acids is 1. The molecule has 1 aliphatic rings. The van der Waals surface area contributed by atoms with E-state index in [-0.39, 0.29) is 6.10 Å². The smallest absolute Gasteiger partial charge is 0.322 e. The molecule has 1 saturated heterocycles. The highest BCUT2D eigenvalue weighted by Crippen LogP contribution is 2.17. The Morgan fingerprint density at radius 2 is 2.14 bits per heavy atom. The van der Waals surface area contributed by atoms with E-state index < -0.39 is 12.0 Å². The van der Waals surface area contributed by atoms with Crippen molar-refractivity contribution < 1.29 is 19.0 Å². The minimum absolute atomic E-state index is 0.200. The molecule has 5 nitrogen and oxygen atoms in total. The Bertz CT molecular complexity index is 440. The van der Waals surface area contributed by atoms with E-state index >= 15 is 0 Å². The number of carbonyl (C=O) groups is 1. The third-order valence-electron chi connectivity index (χ3n) is 3.59. The van der Waals surface area contributed by atoms with Crippen LogP contribution in [-0.2, 0) is 20.7 Å². The molecule has 1 aromatic rings. The van der Waals surface area contributed by atoms with Crippen molar-refractivity contribution in [2.24, 2.45) is 5.73 Å². The molecule has 2 rings (SSSR count). The lowest BCUT2D eigenvalue weighted by Crippen LogP contribution is -2.33. The molecule has 0 amide bonds. The largest absolute Gasteiger partial charge is 0.491 e. The van der Waals surface area contributed by atoms with Crippen LogP contribution in [0.15, 0.2) is 24.3 Å². The average Bonchev–Trinajstić information content (AvgIpc) is 2.54. The number of esters is 1. The first-order valence-electron chi connectivity index (χ1n) is 7.36. The molecule has 2 atom stereocenters. The van der Waals surface area contributed by atoms with Crippen molar-refractivity contribution in [3.05, 3.63) is 29.8 Å². The van der Waals surface area contributed by atoms with E-state index in [4.69, 9.17) is 15.2 Å². The van der Waals surface area contributed by atoms with Gasteiger partial charge in [-0.25, -0.2) is 0 Å². The summed E-state index contributed by atoms with van der Waals surface area (Å²) in [5.41, 5.74) is 6.71. The summed E-state index contributed by atoms with van der Waals surface area (Å²) < 4.78 is 16.0. The molecular formula is C16H23NO4. The molecule has 1 heterocycles. The Morgan fingerprint density at radius 3 is 2.76 bits per heavy atom. The number of methoxy groups -OCH3 is 1. The van der Waals surface area contributed by atoms with Gasteiger partial charge in [-0.05, 0) is 43.4 Å². The van der Waals surface area contributed by atoms with Crippen molar-refractivity contribution in [3.63, 3.8) is 0 Å². The van der Waals surface area contributed by atoms with Crippen LogP contribution in [0.25, 0.3) is 0 Å². The van der Waals surface area contributed by atoms with Crippen LogP contribution < -0.4 is 10.5 Å². The van der Waals surface area contributed by atoms with E-state index in [0.717, 1.165) is 30.8 Å². The van der Waals surface area contributed by atoms with Crippen molar-refractivity contribution in [3.8, 4) is 5.75 Å². The van der Waals surface area contributed by atoms with E-state index in [1.165, 1.54) is 13.5 Å². The van der Waals surface area contributed by atoms with Crippen LogP contribution in [0.1, 0.15) is 24.8 Å². The maximum absolute atomic E-state index is 11.3. The third kappa shape index (κ3) is 5.02. The Labute approximate surface area is 125 Å². The summed E-state index contributed by atoms with van der Waals surface area (Å²) in [5.74, 6) is 0.407. The first-order chi connectivity index (χ1) is 10.2.